The fraction of sp³-hybridized carbons (Fsp3) is 0. The van der Waals surface area contributed by atoms with Crippen LogP contribution in [-0.2, 0) is 0 Å². The maximum atomic E-state index is 11.1. The largest absolute Gasteiger partial charge is 0.478 e. The first-order chi connectivity index (χ1) is 9.97. The summed E-state index contributed by atoms with van der Waals surface area (Å²) < 4.78 is 2.25. The Morgan fingerprint density at radius 3 is 2.62 bits per heavy atom. The summed E-state index contributed by atoms with van der Waals surface area (Å²) in [6.07, 6.45) is 1.43. The Kier molecular flexibility index (Phi) is 3.61. The van der Waals surface area contributed by atoms with E-state index in [1.807, 2.05) is 0 Å². The first-order valence-corrected chi connectivity index (χ1v) is 7.25. The molecule has 3 rings (SSSR count). The van der Waals surface area contributed by atoms with Crippen molar-refractivity contribution in [1.29, 1.82) is 0 Å². The Morgan fingerprint density at radius 2 is 1.95 bits per heavy atom. The summed E-state index contributed by atoms with van der Waals surface area (Å²) in [4.78, 5) is 11.1. The highest BCUT2D eigenvalue weighted by Gasteiger charge is 2.15. The van der Waals surface area contributed by atoms with Crippen LogP contribution in [0.4, 0.5) is 0 Å². The Hall–Kier alpha value is -1.63. The summed E-state index contributed by atoms with van der Waals surface area (Å²) in [7, 11) is 0. The van der Waals surface area contributed by atoms with Gasteiger partial charge in [-0.3, -0.25) is 4.40 Å². The predicted molar refractivity (Wildman–Crippen MR) is 83.1 cm³/mol. The lowest BCUT2D eigenvalue weighted by atomic mass is 10.2. The standard InChI is InChI=1S/C13H6BrCl2N3O2/c14-8-3-6(1-2-9(8)15)11-17-18-12-10(16)4-7(13(20)21)5-19(11)12/h1-5H,(H,20,21). The minimum Gasteiger partial charge on any atom is -0.478 e. The lowest BCUT2D eigenvalue weighted by Crippen LogP contribution is -2.00. The number of pyridine rings is 1. The molecule has 106 valence electrons. The van der Waals surface area contributed by atoms with Crippen LogP contribution in [0, 0.1) is 0 Å². The Balaban J connectivity index is 2.27. The number of rotatable bonds is 2. The number of halogens is 3. The van der Waals surface area contributed by atoms with Crippen LogP contribution in [0.3, 0.4) is 0 Å². The molecule has 2 aromatic heterocycles. The topological polar surface area (TPSA) is 67.5 Å². The summed E-state index contributed by atoms with van der Waals surface area (Å²) in [5.41, 5.74) is 1.18. The van der Waals surface area contributed by atoms with Crippen LogP contribution in [0.1, 0.15) is 10.4 Å². The van der Waals surface area contributed by atoms with E-state index < -0.39 is 5.97 Å². The van der Waals surface area contributed by atoms with Crippen molar-refractivity contribution in [2.75, 3.05) is 0 Å². The summed E-state index contributed by atoms with van der Waals surface area (Å²) in [5.74, 6) is -0.594. The van der Waals surface area contributed by atoms with E-state index in [-0.39, 0.29) is 10.6 Å². The van der Waals surface area contributed by atoms with E-state index in [0.29, 0.717) is 21.0 Å². The third-order valence-corrected chi connectivity index (χ3v) is 4.38. The molecule has 0 bridgehead atoms. The zero-order chi connectivity index (χ0) is 15.1. The molecule has 1 aromatic carbocycles. The normalized spacial score (nSPS) is 11.0. The lowest BCUT2D eigenvalue weighted by molar-refractivity contribution is 0.0696. The number of carboxylic acids is 1. The molecular weight excluding hydrogens is 381 g/mol. The van der Waals surface area contributed by atoms with Crippen molar-refractivity contribution in [3.8, 4) is 11.4 Å². The smallest absolute Gasteiger partial charge is 0.337 e. The third-order valence-electron chi connectivity index (χ3n) is 2.88. The highest BCUT2D eigenvalue weighted by atomic mass is 79.9. The van der Waals surface area contributed by atoms with Gasteiger partial charge < -0.3 is 5.11 Å². The Morgan fingerprint density at radius 1 is 1.19 bits per heavy atom. The van der Waals surface area contributed by atoms with Gasteiger partial charge in [0.15, 0.2) is 11.5 Å². The molecule has 2 heterocycles. The summed E-state index contributed by atoms with van der Waals surface area (Å²) in [6, 6.07) is 6.60. The van der Waals surface area contributed by atoms with Crippen molar-refractivity contribution in [3.05, 3.63) is 50.5 Å². The van der Waals surface area contributed by atoms with E-state index in [4.69, 9.17) is 28.3 Å². The number of carbonyl (C=O) groups is 1. The van der Waals surface area contributed by atoms with Crippen molar-refractivity contribution in [2.24, 2.45) is 0 Å². The number of nitrogens with zero attached hydrogens (tertiary/aromatic N) is 3. The molecule has 0 unspecified atom stereocenters. The second kappa shape index (κ2) is 5.29. The van der Waals surface area contributed by atoms with Crippen LogP contribution in [0.5, 0.6) is 0 Å². The van der Waals surface area contributed by atoms with Crippen LogP contribution in [0.2, 0.25) is 10.0 Å². The summed E-state index contributed by atoms with van der Waals surface area (Å²) in [6.45, 7) is 0. The van der Waals surface area contributed by atoms with Crippen molar-refractivity contribution in [3.63, 3.8) is 0 Å². The number of carboxylic acid groups (broad SMARTS) is 1. The highest BCUT2D eigenvalue weighted by Crippen LogP contribution is 2.29. The molecule has 0 saturated carbocycles. The second-order valence-corrected chi connectivity index (χ2v) is 5.90. The monoisotopic (exact) mass is 385 g/mol. The number of hydrogen-bond donors (Lipinski definition) is 1. The summed E-state index contributed by atoms with van der Waals surface area (Å²) >= 11 is 15.3. The fourth-order valence-electron chi connectivity index (χ4n) is 1.90. The van der Waals surface area contributed by atoms with Gasteiger partial charge in [-0.2, -0.15) is 0 Å². The average Bonchev–Trinajstić information content (AvgIpc) is 2.86. The quantitative estimate of drug-likeness (QED) is 0.717. The molecule has 21 heavy (non-hydrogen) atoms. The van der Waals surface area contributed by atoms with Gasteiger partial charge in [-0.05, 0) is 40.2 Å². The van der Waals surface area contributed by atoms with Crippen LogP contribution >= 0.6 is 39.1 Å². The summed E-state index contributed by atoms with van der Waals surface area (Å²) in [5, 5.41) is 18.0. The zero-order valence-corrected chi connectivity index (χ0v) is 13.3. The molecule has 3 aromatic rings. The minimum absolute atomic E-state index is 0.0570. The van der Waals surface area contributed by atoms with Gasteiger partial charge in [-0.15, -0.1) is 10.2 Å². The predicted octanol–water partition coefficient (Wildman–Crippen LogP) is 4.16. The van der Waals surface area contributed by atoms with Crippen molar-refractivity contribution in [2.45, 2.75) is 0 Å². The average molecular weight is 387 g/mol. The molecule has 5 nitrogen and oxygen atoms in total. The third kappa shape index (κ3) is 2.50. The molecule has 0 fully saturated rings. The molecule has 0 saturated heterocycles. The van der Waals surface area contributed by atoms with E-state index in [0.717, 1.165) is 5.56 Å². The van der Waals surface area contributed by atoms with Gasteiger partial charge in [-0.1, -0.05) is 23.2 Å². The van der Waals surface area contributed by atoms with E-state index in [2.05, 4.69) is 26.1 Å². The molecule has 0 aliphatic carbocycles. The molecule has 0 amide bonds. The van der Waals surface area contributed by atoms with Crippen LogP contribution in [0.15, 0.2) is 34.9 Å². The van der Waals surface area contributed by atoms with Gasteiger partial charge >= 0.3 is 5.97 Å². The van der Waals surface area contributed by atoms with Gasteiger partial charge in [0.1, 0.15) is 0 Å². The van der Waals surface area contributed by atoms with Gasteiger partial charge in [0.05, 0.1) is 15.6 Å². The first kappa shape index (κ1) is 14.3. The molecule has 0 spiro atoms. The minimum atomic E-state index is -1.07. The number of aromatic carboxylic acids is 1. The lowest BCUT2D eigenvalue weighted by Gasteiger charge is -2.04. The van der Waals surface area contributed by atoms with Gasteiger partial charge in [0, 0.05) is 16.2 Å². The maximum Gasteiger partial charge on any atom is 0.337 e. The van der Waals surface area contributed by atoms with E-state index in [1.165, 1.54) is 12.3 Å². The molecular formula is C13H6BrCl2N3O2. The number of benzene rings is 1. The molecule has 0 aliphatic rings. The molecule has 0 atom stereocenters. The molecule has 1 N–H and O–H groups in total. The Bertz CT molecular complexity index is 879. The first-order valence-electron chi connectivity index (χ1n) is 5.70. The van der Waals surface area contributed by atoms with E-state index >= 15 is 0 Å². The second-order valence-electron chi connectivity index (χ2n) is 4.23. The maximum absolute atomic E-state index is 11.1. The van der Waals surface area contributed by atoms with Crippen LogP contribution in [0.25, 0.3) is 17.0 Å². The fourth-order valence-corrected chi connectivity index (χ4v) is 2.65. The molecule has 8 heteroatoms. The number of fused-ring (bicyclic) bond motifs is 1. The number of hydrogen-bond acceptors (Lipinski definition) is 3. The van der Waals surface area contributed by atoms with Crippen LogP contribution in [-0.4, -0.2) is 25.7 Å². The number of aromatic nitrogens is 3. The SMILES string of the molecule is O=C(O)c1cc(Cl)c2nnc(-c3ccc(Cl)c(Br)c3)n2c1. The van der Waals surface area contributed by atoms with Crippen molar-refractivity contribution in [1.82, 2.24) is 14.6 Å². The van der Waals surface area contributed by atoms with Crippen LogP contribution < -0.4 is 0 Å². The highest BCUT2D eigenvalue weighted by molar-refractivity contribution is 9.10. The van der Waals surface area contributed by atoms with Crippen molar-refractivity contribution >= 4 is 50.7 Å². The molecule has 0 aliphatic heterocycles. The molecule has 0 radical (unpaired) electrons. The van der Waals surface area contributed by atoms with Gasteiger partial charge in [0.25, 0.3) is 0 Å². The Labute approximate surface area is 137 Å². The van der Waals surface area contributed by atoms with E-state index in [1.54, 1.807) is 22.6 Å². The van der Waals surface area contributed by atoms with Crippen molar-refractivity contribution < 1.29 is 9.90 Å². The van der Waals surface area contributed by atoms with Gasteiger partial charge in [-0.25, -0.2) is 4.79 Å². The van der Waals surface area contributed by atoms with Gasteiger partial charge in [0.2, 0.25) is 0 Å². The zero-order valence-electron chi connectivity index (χ0n) is 10.2. The van der Waals surface area contributed by atoms with E-state index in [9.17, 15) is 4.79 Å².